The fourth-order valence-electron chi connectivity index (χ4n) is 3.05. The number of ether oxygens (including phenoxy) is 1. The summed E-state index contributed by atoms with van der Waals surface area (Å²) in [5.41, 5.74) is 3.86. The van der Waals surface area contributed by atoms with E-state index in [-0.39, 0.29) is 5.91 Å². The summed E-state index contributed by atoms with van der Waals surface area (Å²) in [4.78, 5) is 13.2. The summed E-state index contributed by atoms with van der Waals surface area (Å²) in [5, 5.41) is 3.69. The second kappa shape index (κ2) is 7.00. The maximum atomic E-state index is 13.2. The predicted octanol–water partition coefficient (Wildman–Crippen LogP) is 5.67. The van der Waals surface area contributed by atoms with Crippen molar-refractivity contribution in [2.75, 3.05) is 12.4 Å². The second-order valence-electron chi connectivity index (χ2n) is 6.35. The van der Waals surface area contributed by atoms with Gasteiger partial charge in [0.25, 0.3) is 5.91 Å². The van der Waals surface area contributed by atoms with Gasteiger partial charge < -0.3 is 14.5 Å². The molecule has 4 aromatic rings. The second-order valence-corrected chi connectivity index (χ2v) is 6.35. The van der Waals surface area contributed by atoms with Crippen molar-refractivity contribution in [3.8, 4) is 17.1 Å². The zero-order chi connectivity index (χ0) is 18.8. The Morgan fingerprint density at radius 3 is 2.41 bits per heavy atom. The number of fused-ring (bicyclic) bond motifs is 1. The molecule has 134 valence electrons. The smallest absolute Gasteiger partial charge is 0.260 e. The monoisotopic (exact) mass is 357 g/mol. The van der Waals surface area contributed by atoms with Gasteiger partial charge in [0.15, 0.2) is 0 Å². The molecule has 3 aromatic carbocycles. The highest BCUT2D eigenvalue weighted by Gasteiger charge is 2.22. The molecule has 4 heteroatoms. The summed E-state index contributed by atoms with van der Waals surface area (Å²) in [7, 11) is 1.60. The first-order valence-corrected chi connectivity index (χ1v) is 8.69. The van der Waals surface area contributed by atoms with E-state index in [1.165, 1.54) is 0 Å². The maximum absolute atomic E-state index is 13.2. The Morgan fingerprint density at radius 2 is 1.70 bits per heavy atom. The molecule has 0 unspecified atom stereocenters. The van der Waals surface area contributed by atoms with Crippen LogP contribution in [0.1, 0.15) is 15.9 Å². The van der Waals surface area contributed by atoms with Crippen LogP contribution in [0.25, 0.3) is 22.3 Å². The SMILES string of the molecule is COc1ccc2oc(-c3ccccc3)c(C(=O)Nc3ccc(C)cc3)c2c1. The number of nitrogens with one attached hydrogen (secondary N) is 1. The van der Waals surface area contributed by atoms with Crippen LogP contribution in [0.3, 0.4) is 0 Å². The summed E-state index contributed by atoms with van der Waals surface area (Å²) in [6.07, 6.45) is 0. The molecule has 0 aliphatic heterocycles. The molecule has 0 spiro atoms. The van der Waals surface area contributed by atoms with Crippen LogP contribution >= 0.6 is 0 Å². The third kappa shape index (κ3) is 3.29. The molecule has 0 saturated heterocycles. The molecular formula is C23H19NO3. The van der Waals surface area contributed by atoms with Gasteiger partial charge in [-0.15, -0.1) is 0 Å². The van der Waals surface area contributed by atoms with Gasteiger partial charge in [0.05, 0.1) is 12.7 Å². The lowest BCUT2D eigenvalue weighted by Gasteiger charge is -2.07. The van der Waals surface area contributed by atoms with Crippen LogP contribution in [0.5, 0.6) is 5.75 Å². The van der Waals surface area contributed by atoms with E-state index in [4.69, 9.17) is 9.15 Å². The topological polar surface area (TPSA) is 51.5 Å². The Bertz CT molecular complexity index is 1100. The van der Waals surface area contributed by atoms with Gasteiger partial charge in [-0.05, 0) is 37.3 Å². The molecule has 1 aromatic heterocycles. The van der Waals surface area contributed by atoms with E-state index in [9.17, 15) is 4.79 Å². The number of methoxy groups -OCH3 is 1. The van der Waals surface area contributed by atoms with E-state index in [1.54, 1.807) is 7.11 Å². The normalized spacial score (nSPS) is 10.7. The zero-order valence-corrected chi connectivity index (χ0v) is 15.2. The molecule has 0 saturated carbocycles. The van der Waals surface area contributed by atoms with Gasteiger partial charge in [0, 0.05) is 16.6 Å². The molecule has 27 heavy (non-hydrogen) atoms. The van der Waals surface area contributed by atoms with Crippen LogP contribution in [-0.4, -0.2) is 13.0 Å². The molecule has 0 aliphatic carbocycles. The lowest BCUT2D eigenvalue weighted by Crippen LogP contribution is -2.12. The van der Waals surface area contributed by atoms with Gasteiger partial charge in [-0.25, -0.2) is 0 Å². The Morgan fingerprint density at radius 1 is 0.963 bits per heavy atom. The van der Waals surface area contributed by atoms with E-state index in [0.717, 1.165) is 22.2 Å². The number of hydrogen-bond donors (Lipinski definition) is 1. The number of furan rings is 1. The largest absolute Gasteiger partial charge is 0.497 e. The molecule has 4 rings (SSSR count). The number of anilines is 1. The van der Waals surface area contributed by atoms with Gasteiger partial charge in [0.2, 0.25) is 0 Å². The zero-order valence-electron chi connectivity index (χ0n) is 15.2. The molecule has 0 radical (unpaired) electrons. The number of aryl methyl sites for hydroxylation is 1. The molecule has 0 atom stereocenters. The van der Waals surface area contributed by atoms with Crippen molar-refractivity contribution in [2.45, 2.75) is 6.92 Å². The third-order valence-electron chi connectivity index (χ3n) is 4.47. The Kier molecular flexibility index (Phi) is 4.38. The van der Waals surface area contributed by atoms with Crippen LogP contribution < -0.4 is 10.1 Å². The van der Waals surface area contributed by atoms with Crippen molar-refractivity contribution in [3.63, 3.8) is 0 Å². The minimum Gasteiger partial charge on any atom is -0.497 e. The van der Waals surface area contributed by atoms with Crippen molar-refractivity contribution in [2.24, 2.45) is 0 Å². The van der Waals surface area contributed by atoms with E-state index in [2.05, 4.69) is 5.32 Å². The van der Waals surface area contributed by atoms with Crippen LogP contribution in [0, 0.1) is 6.92 Å². The van der Waals surface area contributed by atoms with Crippen LogP contribution in [-0.2, 0) is 0 Å². The van der Waals surface area contributed by atoms with Gasteiger partial charge in [-0.3, -0.25) is 4.79 Å². The van der Waals surface area contributed by atoms with Gasteiger partial charge in [-0.2, -0.15) is 0 Å². The molecule has 1 amide bonds. The predicted molar refractivity (Wildman–Crippen MR) is 107 cm³/mol. The number of hydrogen-bond acceptors (Lipinski definition) is 3. The first-order chi connectivity index (χ1) is 13.2. The highest BCUT2D eigenvalue weighted by atomic mass is 16.5. The fraction of sp³-hybridized carbons (Fsp3) is 0.0870. The Balaban J connectivity index is 1.85. The summed E-state index contributed by atoms with van der Waals surface area (Å²) in [5.74, 6) is 1.00. The molecule has 0 aliphatic rings. The standard InChI is InChI=1S/C23H19NO3/c1-15-8-10-17(11-9-15)24-23(25)21-19-14-18(26-2)12-13-20(19)27-22(21)16-6-4-3-5-7-16/h3-14H,1-2H3,(H,24,25). The first kappa shape index (κ1) is 16.9. The van der Waals surface area contributed by atoms with Crippen molar-refractivity contribution < 1.29 is 13.9 Å². The molecule has 1 heterocycles. The van der Waals surface area contributed by atoms with Crippen LogP contribution in [0.4, 0.5) is 5.69 Å². The van der Waals surface area contributed by atoms with Gasteiger partial charge in [0.1, 0.15) is 17.1 Å². The molecule has 1 N–H and O–H groups in total. The van der Waals surface area contributed by atoms with Crippen molar-refractivity contribution in [1.29, 1.82) is 0 Å². The third-order valence-corrected chi connectivity index (χ3v) is 4.47. The number of carbonyl (C=O) groups excluding carboxylic acids is 1. The van der Waals surface area contributed by atoms with E-state index < -0.39 is 0 Å². The average molecular weight is 357 g/mol. The van der Waals surface area contributed by atoms with Crippen LogP contribution in [0.15, 0.2) is 77.2 Å². The maximum Gasteiger partial charge on any atom is 0.260 e. The Labute approximate surface area is 157 Å². The average Bonchev–Trinajstić information content (AvgIpc) is 3.09. The van der Waals surface area contributed by atoms with E-state index >= 15 is 0 Å². The number of carbonyl (C=O) groups is 1. The minimum atomic E-state index is -0.218. The lowest BCUT2D eigenvalue weighted by atomic mass is 10.0. The first-order valence-electron chi connectivity index (χ1n) is 8.69. The number of amides is 1. The van der Waals surface area contributed by atoms with Crippen molar-refractivity contribution in [1.82, 2.24) is 0 Å². The van der Waals surface area contributed by atoms with Crippen LogP contribution in [0.2, 0.25) is 0 Å². The summed E-state index contributed by atoms with van der Waals surface area (Å²) in [6.45, 7) is 2.01. The molecule has 4 nitrogen and oxygen atoms in total. The molecule has 0 fully saturated rings. The highest BCUT2D eigenvalue weighted by molar-refractivity contribution is 6.16. The lowest BCUT2D eigenvalue weighted by molar-refractivity contribution is 0.102. The van der Waals surface area contributed by atoms with Crippen molar-refractivity contribution in [3.05, 3.63) is 83.9 Å². The van der Waals surface area contributed by atoms with Gasteiger partial charge in [-0.1, -0.05) is 48.0 Å². The van der Waals surface area contributed by atoms with E-state index in [0.29, 0.717) is 22.7 Å². The minimum absolute atomic E-state index is 0.218. The van der Waals surface area contributed by atoms with Gasteiger partial charge >= 0.3 is 0 Å². The number of rotatable bonds is 4. The highest BCUT2D eigenvalue weighted by Crippen LogP contribution is 2.36. The summed E-state index contributed by atoms with van der Waals surface area (Å²) in [6, 6.07) is 22.8. The fourth-order valence-corrected chi connectivity index (χ4v) is 3.05. The molecular weight excluding hydrogens is 338 g/mol. The van der Waals surface area contributed by atoms with Crippen molar-refractivity contribution >= 4 is 22.6 Å². The number of benzene rings is 3. The Hall–Kier alpha value is -3.53. The summed E-state index contributed by atoms with van der Waals surface area (Å²) >= 11 is 0. The summed E-state index contributed by atoms with van der Waals surface area (Å²) < 4.78 is 11.4. The van der Waals surface area contributed by atoms with E-state index in [1.807, 2.05) is 79.7 Å². The quantitative estimate of drug-likeness (QED) is 0.512. The molecule has 0 bridgehead atoms.